The van der Waals surface area contributed by atoms with E-state index in [1.165, 1.54) is 28.4 Å². The van der Waals surface area contributed by atoms with Gasteiger partial charge in [-0.1, -0.05) is 29.0 Å². The Morgan fingerprint density at radius 1 is 1.10 bits per heavy atom. The molecular formula is C21H13ClF3N3OS. The molecule has 2 aromatic heterocycles. The summed E-state index contributed by atoms with van der Waals surface area (Å²) in [4.78, 5) is 23.2. The van der Waals surface area contributed by atoms with Gasteiger partial charge in [0.25, 0.3) is 5.91 Å². The zero-order chi connectivity index (χ0) is 21.3. The number of aromatic nitrogens is 2. The molecule has 0 spiro atoms. The van der Waals surface area contributed by atoms with Gasteiger partial charge in [0.2, 0.25) is 0 Å². The molecule has 0 radical (unpaired) electrons. The first kappa shape index (κ1) is 20.3. The van der Waals surface area contributed by atoms with Gasteiger partial charge in [0.1, 0.15) is 0 Å². The average molecular weight is 448 g/mol. The molecule has 0 unspecified atom stereocenters. The summed E-state index contributed by atoms with van der Waals surface area (Å²) in [5, 5.41) is 0.964. The molecule has 0 bridgehead atoms. The van der Waals surface area contributed by atoms with E-state index in [0.717, 1.165) is 22.4 Å². The van der Waals surface area contributed by atoms with E-state index in [1.54, 1.807) is 36.7 Å². The van der Waals surface area contributed by atoms with Crippen molar-refractivity contribution in [2.24, 2.45) is 0 Å². The van der Waals surface area contributed by atoms with E-state index in [1.807, 2.05) is 6.07 Å². The van der Waals surface area contributed by atoms with Crippen LogP contribution in [-0.4, -0.2) is 15.9 Å². The van der Waals surface area contributed by atoms with Gasteiger partial charge >= 0.3 is 6.18 Å². The van der Waals surface area contributed by atoms with E-state index in [0.29, 0.717) is 15.7 Å². The summed E-state index contributed by atoms with van der Waals surface area (Å²) in [6, 6.07) is 12.9. The smallest absolute Gasteiger partial charge is 0.279 e. The number of carbonyl (C=O) groups is 1. The van der Waals surface area contributed by atoms with E-state index >= 15 is 0 Å². The number of carbonyl (C=O) groups excluding carboxylic acids is 1. The highest BCUT2D eigenvalue weighted by Crippen LogP contribution is 2.33. The van der Waals surface area contributed by atoms with Crippen LogP contribution < -0.4 is 4.90 Å². The Kier molecular flexibility index (Phi) is 5.44. The van der Waals surface area contributed by atoms with Crippen LogP contribution in [0, 0.1) is 0 Å². The molecule has 0 atom stereocenters. The SMILES string of the molecule is O=C(c1ccc(C(F)(F)F)cc1)N(Cc1cccnc1)c1nc2ccc(Cl)cc2s1. The van der Waals surface area contributed by atoms with Crippen molar-refractivity contribution < 1.29 is 18.0 Å². The summed E-state index contributed by atoms with van der Waals surface area (Å²) in [7, 11) is 0. The molecule has 2 heterocycles. The summed E-state index contributed by atoms with van der Waals surface area (Å²) in [5.74, 6) is -0.460. The summed E-state index contributed by atoms with van der Waals surface area (Å²) in [5.41, 5.74) is 0.752. The van der Waals surface area contributed by atoms with Gasteiger partial charge in [0.05, 0.1) is 22.3 Å². The molecule has 30 heavy (non-hydrogen) atoms. The van der Waals surface area contributed by atoms with Gasteiger partial charge in [-0.25, -0.2) is 4.98 Å². The van der Waals surface area contributed by atoms with Crippen molar-refractivity contribution in [2.75, 3.05) is 4.90 Å². The highest BCUT2D eigenvalue weighted by molar-refractivity contribution is 7.22. The van der Waals surface area contributed by atoms with E-state index in [2.05, 4.69) is 9.97 Å². The minimum Gasteiger partial charge on any atom is -0.279 e. The lowest BCUT2D eigenvalue weighted by atomic mass is 10.1. The first-order chi connectivity index (χ1) is 14.3. The minimum atomic E-state index is -4.47. The largest absolute Gasteiger partial charge is 0.416 e. The second kappa shape index (κ2) is 8.04. The number of thiazole rings is 1. The Hall–Kier alpha value is -2.97. The fourth-order valence-corrected chi connectivity index (χ4v) is 4.10. The topological polar surface area (TPSA) is 46.1 Å². The summed E-state index contributed by atoms with van der Waals surface area (Å²) >= 11 is 7.32. The summed E-state index contributed by atoms with van der Waals surface area (Å²) < 4.78 is 39.4. The predicted octanol–water partition coefficient (Wildman–Crippen LogP) is 6.21. The molecule has 1 amide bonds. The number of hydrogen-bond acceptors (Lipinski definition) is 4. The first-order valence-corrected chi connectivity index (χ1v) is 9.95. The van der Waals surface area contributed by atoms with Crippen molar-refractivity contribution in [2.45, 2.75) is 12.7 Å². The molecule has 4 aromatic rings. The molecule has 0 saturated carbocycles. The number of fused-ring (bicyclic) bond motifs is 1. The number of nitrogens with zero attached hydrogens (tertiary/aromatic N) is 3. The van der Waals surface area contributed by atoms with Gasteiger partial charge in [-0.15, -0.1) is 0 Å². The van der Waals surface area contributed by atoms with Crippen molar-refractivity contribution in [1.82, 2.24) is 9.97 Å². The van der Waals surface area contributed by atoms with Crippen molar-refractivity contribution in [1.29, 1.82) is 0 Å². The fourth-order valence-electron chi connectivity index (χ4n) is 2.86. The molecular weight excluding hydrogens is 435 g/mol. The Labute approximate surface area is 178 Å². The maximum atomic E-state index is 13.2. The number of pyridine rings is 1. The lowest BCUT2D eigenvalue weighted by Crippen LogP contribution is -2.30. The van der Waals surface area contributed by atoms with Crippen LogP contribution in [0.15, 0.2) is 67.0 Å². The Balaban J connectivity index is 1.73. The van der Waals surface area contributed by atoms with Crippen LogP contribution in [0.25, 0.3) is 10.2 Å². The number of hydrogen-bond donors (Lipinski definition) is 0. The van der Waals surface area contributed by atoms with Gasteiger partial charge in [-0.2, -0.15) is 13.2 Å². The van der Waals surface area contributed by atoms with E-state index < -0.39 is 17.6 Å². The molecule has 0 saturated heterocycles. The monoisotopic (exact) mass is 447 g/mol. The Morgan fingerprint density at radius 2 is 1.87 bits per heavy atom. The second-order valence-electron chi connectivity index (χ2n) is 6.44. The first-order valence-electron chi connectivity index (χ1n) is 8.75. The molecule has 4 rings (SSSR count). The summed E-state index contributed by atoms with van der Waals surface area (Å²) in [6.07, 6.45) is -1.23. The number of halogens is 4. The van der Waals surface area contributed by atoms with E-state index in [9.17, 15) is 18.0 Å². The number of anilines is 1. The van der Waals surface area contributed by atoms with Crippen LogP contribution >= 0.6 is 22.9 Å². The van der Waals surface area contributed by atoms with Crippen LogP contribution in [0.1, 0.15) is 21.5 Å². The van der Waals surface area contributed by atoms with Gasteiger partial charge in [-0.05, 0) is 54.1 Å². The summed E-state index contributed by atoms with van der Waals surface area (Å²) in [6.45, 7) is 0.168. The third-order valence-electron chi connectivity index (χ3n) is 4.34. The average Bonchev–Trinajstić information content (AvgIpc) is 3.14. The molecule has 9 heteroatoms. The third kappa shape index (κ3) is 4.29. The van der Waals surface area contributed by atoms with Crippen LogP contribution in [-0.2, 0) is 12.7 Å². The highest BCUT2D eigenvalue weighted by atomic mass is 35.5. The van der Waals surface area contributed by atoms with Gasteiger partial charge in [0, 0.05) is 23.0 Å². The van der Waals surface area contributed by atoms with Crippen molar-refractivity contribution in [3.8, 4) is 0 Å². The standard InChI is InChI=1S/C21H13ClF3N3OS/c22-16-7-8-17-18(10-16)30-20(27-17)28(12-13-2-1-9-26-11-13)19(29)14-3-5-15(6-4-14)21(23,24)25/h1-11H,12H2. The minimum absolute atomic E-state index is 0.129. The zero-order valence-corrected chi connectivity index (χ0v) is 16.8. The molecule has 4 nitrogen and oxygen atoms in total. The number of rotatable bonds is 4. The molecule has 0 N–H and O–H groups in total. The van der Waals surface area contributed by atoms with Crippen molar-refractivity contribution in [3.63, 3.8) is 0 Å². The second-order valence-corrected chi connectivity index (χ2v) is 7.88. The third-order valence-corrected chi connectivity index (χ3v) is 5.61. The van der Waals surface area contributed by atoms with E-state index in [4.69, 9.17) is 11.6 Å². The molecule has 2 aromatic carbocycles. The van der Waals surface area contributed by atoms with Crippen LogP contribution in [0.2, 0.25) is 5.02 Å². The highest BCUT2D eigenvalue weighted by Gasteiger charge is 2.31. The zero-order valence-electron chi connectivity index (χ0n) is 15.2. The van der Waals surface area contributed by atoms with Crippen LogP contribution in [0.5, 0.6) is 0 Å². The van der Waals surface area contributed by atoms with Gasteiger partial charge in [-0.3, -0.25) is 14.7 Å². The lowest BCUT2D eigenvalue weighted by Gasteiger charge is -2.20. The quantitative estimate of drug-likeness (QED) is 0.373. The molecule has 152 valence electrons. The molecule has 0 aliphatic rings. The molecule has 0 aliphatic carbocycles. The van der Waals surface area contributed by atoms with Crippen molar-refractivity contribution in [3.05, 3.63) is 88.7 Å². The maximum Gasteiger partial charge on any atom is 0.416 e. The lowest BCUT2D eigenvalue weighted by molar-refractivity contribution is -0.137. The van der Waals surface area contributed by atoms with E-state index in [-0.39, 0.29) is 12.1 Å². The van der Waals surface area contributed by atoms with Crippen LogP contribution in [0.4, 0.5) is 18.3 Å². The number of alkyl halides is 3. The predicted molar refractivity (Wildman–Crippen MR) is 111 cm³/mol. The van der Waals surface area contributed by atoms with Gasteiger partial charge < -0.3 is 0 Å². The van der Waals surface area contributed by atoms with Gasteiger partial charge in [0.15, 0.2) is 5.13 Å². The molecule has 0 aliphatic heterocycles. The van der Waals surface area contributed by atoms with Crippen LogP contribution in [0.3, 0.4) is 0 Å². The molecule has 0 fully saturated rings. The normalized spacial score (nSPS) is 11.6. The Morgan fingerprint density at radius 3 is 2.53 bits per heavy atom. The van der Waals surface area contributed by atoms with Crippen molar-refractivity contribution >= 4 is 44.2 Å². The fraction of sp³-hybridized carbons (Fsp3) is 0.0952. The number of amides is 1. The Bertz CT molecular complexity index is 1190. The number of benzene rings is 2. The maximum absolute atomic E-state index is 13.2.